The Bertz CT molecular complexity index is 117. The van der Waals surface area contributed by atoms with Crippen LogP contribution in [0.25, 0.3) is 0 Å². The molecule has 0 atom stereocenters. The van der Waals surface area contributed by atoms with E-state index in [2.05, 4.69) is 4.33 Å². The Morgan fingerprint density at radius 2 is 1.33 bits per heavy atom. The van der Waals surface area contributed by atoms with Gasteiger partial charge in [-0.15, -0.1) is 12.4 Å². The molecular formula is H5ClNa2O5S. The van der Waals surface area contributed by atoms with Gasteiger partial charge in [-0.3, -0.25) is 4.55 Å². The summed E-state index contributed by atoms with van der Waals surface area (Å²) in [5.41, 5.74) is 0. The van der Waals surface area contributed by atoms with Gasteiger partial charge in [0.05, 0.1) is 0 Å². The van der Waals surface area contributed by atoms with Crippen LogP contribution < -0.4 is 0 Å². The van der Waals surface area contributed by atoms with Crippen LogP contribution in [0.3, 0.4) is 0 Å². The Morgan fingerprint density at radius 1 is 1.22 bits per heavy atom. The zero-order valence-electron chi connectivity index (χ0n) is 2.94. The Kier molecular flexibility index (Phi) is 25.3. The Balaban J connectivity index is -0.0000000417. The monoisotopic (exact) mass is 198 g/mol. The van der Waals surface area contributed by atoms with Crippen molar-refractivity contribution in [1.82, 2.24) is 0 Å². The standard InChI is InChI=1S/ClH.2Na.H2O5S.2H/c;;;1-5-6(2,3)4;;/h1H;;;1H,(H,2,3,4);;. The Morgan fingerprint density at radius 3 is 1.33 bits per heavy atom. The molecule has 0 unspecified atom stereocenters. The third kappa shape index (κ3) is 25.5. The van der Waals surface area contributed by atoms with E-state index >= 15 is 0 Å². The van der Waals surface area contributed by atoms with Gasteiger partial charge in [0, 0.05) is 0 Å². The molecule has 9 heteroatoms. The summed E-state index contributed by atoms with van der Waals surface area (Å²) in [7, 11) is -4.61. The van der Waals surface area contributed by atoms with Crippen molar-refractivity contribution in [2.45, 2.75) is 0 Å². The molecule has 0 saturated heterocycles. The van der Waals surface area contributed by atoms with E-state index in [0.29, 0.717) is 0 Å². The van der Waals surface area contributed by atoms with E-state index in [0.717, 1.165) is 0 Å². The zero-order chi connectivity index (χ0) is 5.21. The minimum absolute atomic E-state index is 0. The molecule has 0 amide bonds. The van der Waals surface area contributed by atoms with E-state index in [1.165, 1.54) is 0 Å². The van der Waals surface area contributed by atoms with E-state index in [-0.39, 0.29) is 71.5 Å². The molecular weight excluding hydrogens is 193 g/mol. The van der Waals surface area contributed by atoms with Crippen LogP contribution >= 0.6 is 12.4 Å². The Labute approximate surface area is 103 Å². The normalized spacial score (nSPS) is 7.78. The molecule has 50 valence electrons. The molecule has 0 heterocycles. The SMILES string of the molecule is Cl.O=S(=O)(O)OO.[NaH].[NaH]. The van der Waals surface area contributed by atoms with Gasteiger partial charge in [0.1, 0.15) is 0 Å². The van der Waals surface area contributed by atoms with E-state index in [1.807, 2.05) is 0 Å². The van der Waals surface area contributed by atoms with Crippen molar-refractivity contribution in [2.24, 2.45) is 0 Å². The molecule has 0 aromatic rings. The first-order chi connectivity index (χ1) is 2.56. The first-order valence-corrected chi connectivity index (χ1v) is 2.23. The Hall–Kier alpha value is 2.12. The van der Waals surface area contributed by atoms with Crippen LogP contribution in [0.1, 0.15) is 0 Å². The zero-order valence-corrected chi connectivity index (χ0v) is 4.57. The summed E-state index contributed by atoms with van der Waals surface area (Å²) >= 11 is 0. The molecule has 9 heavy (non-hydrogen) atoms. The van der Waals surface area contributed by atoms with Crippen LogP contribution in [0.4, 0.5) is 0 Å². The summed E-state index contributed by atoms with van der Waals surface area (Å²) in [5, 5.41) is 7.06. The van der Waals surface area contributed by atoms with Crippen molar-refractivity contribution in [2.75, 3.05) is 0 Å². The number of halogens is 1. The summed E-state index contributed by atoms with van der Waals surface area (Å²) in [6, 6.07) is 0. The van der Waals surface area contributed by atoms with Crippen molar-refractivity contribution in [3.05, 3.63) is 0 Å². The average molecular weight is 199 g/mol. The first kappa shape index (κ1) is 22.5. The molecule has 0 aromatic heterocycles. The van der Waals surface area contributed by atoms with Crippen molar-refractivity contribution in [1.29, 1.82) is 0 Å². The summed E-state index contributed by atoms with van der Waals surface area (Å²) in [4.78, 5) is 0. The molecule has 0 radical (unpaired) electrons. The second-order valence-corrected chi connectivity index (χ2v) is 1.51. The van der Waals surface area contributed by atoms with Crippen molar-refractivity contribution < 1.29 is 22.6 Å². The molecule has 0 aliphatic heterocycles. The second-order valence-electron chi connectivity index (χ2n) is 0.502. The number of hydrogen-bond donors (Lipinski definition) is 2. The van der Waals surface area contributed by atoms with E-state index < -0.39 is 10.4 Å². The fourth-order valence-electron chi connectivity index (χ4n) is 0. The van der Waals surface area contributed by atoms with Gasteiger partial charge in [0.15, 0.2) is 0 Å². The molecule has 0 saturated carbocycles. The summed E-state index contributed by atoms with van der Waals surface area (Å²) in [6.45, 7) is 0. The molecule has 0 spiro atoms. The molecule has 0 fully saturated rings. The van der Waals surface area contributed by atoms with Crippen molar-refractivity contribution in [3.8, 4) is 0 Å². The van der Waals surface area contributed by atoms with E-state index in [1.54, 1.807) is 0 Å². The quantitative estimate of drug-likeness (QED) is 0.230. The summed E-state index contributed by atoms with van der Waals surface area (Å²) in [6.07, 6.45) is 0. The second kappa shape index (κ2) is 10.1. The van der Waals surface area contributed by atoms with Gasteiger partial charge in [0.2, 0.25) is 0 Å². The topological polar surface area (TPSA) is 83.8 Å². The molecule has 0 aliphatic rings. The minimum atomic E-state index is -4.61. The predicted molar refractivity (Wildman–Crippen MR) is 36.8 cm³/mol. The predicted octanol–water partition coefficient (Wildman–Crippen LogP) is -1.60. The molecule has 5 nitrogen and oxygen atoms in total. The number of rotatable bonds is 1. The van der Waals surface area contributed by atoms with Gasteiger partial charge >= 0.3 is 69.5 Å². The maximum absolute atomic E-state index is 9.08. The maximum atomic E-state index is 9.08. The van der Waals surface area contributed by atoms with Gasteiger partial charge < -0.3 is 0 Å². The van der Waals surface area contributed by atoms with E-state index in [9.17, 15) is 0 Å². The van der Waals surface area contributed by atoms with E-state index in [4.69, 9.17) is 18.2 Å². The van der Waals surface area contributed by atoms with Gasteiger partial charge in [-0.1, -0.05) is 4.33 Å². The molecule has 0 bridgehead atoms. The van der Waals surface area contributed by atoms with Crippen LogP contribution in [0, 0.1) is 0 Å². The third-order valence-corrected chi connectivity index (χ3v) is 0.283. The fourth-order valence-corrected chi connectivity index (χ4v) is 0. The molecule has 0 rings (SSSR count). The molecule has 0 aliphatic carbocycles. The van der Waals surface area contributed by atoms with Crippen LogP contribution in [0.2, 0.25) is 0 Å². The van der Waals surface area contributed by atoms with Crippen LogP contribution in [0.15, 0.2) is 0 Å². The van der Waals surface area contributed by atoms with Crippen LogP contribution in [-0.4, -0.2) is 77.3 Å². The van der Waals surface area contributed by atoms with Gasteiger partial charge in [0.25, 0.3) is 0 Å². The fraction of sp³-hybridized carbons (Fsp3) is 0. The number of hydrogen-bond acceptors (Lipinski definition) is 4. The van der Waals surface area contributed by atoms with Crippen LogP contribution in [0.5, 0.6) is 0 Å². The molecule has 0 aromatic carbocycles. The third-order valence-electron chi connectivity index (χ3n) is 0.0942. The van der Waals surface area contributed by atoms with Crippen molar-refractivity contribution in [3.63, 3.8) is 0 Å². The van der Waals surface area contributed by atoms with Gasteiger partial charge in [-0.25, -0.2) is 5.26 Å². The summed E-state index contributed by atoms with van der Waals surface area (Å²) < 4.78 is 28.0. The van der Waals surface area contributed by atoms with Gasteiger partial charge in [-0.2, -0.15) is 8.42 Å². The van der Waals surface area contributed by atoms with Gasteiger partial charge in [-0.05, 0) is 0 Å². The molecule has 2 N–H and O–H groups in total. The average Bonchev–Trinajstić information content (AvgIpc) is 1.35. The first-order valence-electron chi connectivity index (χ1n) is 0.865. The van der Waals surface area contributed by atoms with Crippen molar-refractivity contribution >= 4 is 81.9 Å². The summed E-state index contributed by atoms with van der Waals surface area (Å²) in [5.74, 6) is 0. The van der Waals surface area contributed by atoms with Crippen LogP contribution in [-0.2, 0) is 14.7 Å².